The third kappa shape index (κ3) is 6.41. The smallest absolute Gasteiger partial charge is 0.261 e. The quantitative estimate of drug-likeness (QED) is 0.417. The second kappa shape index (κ2) is 9.00. The molecule has 0 aliphatic heterocycles. The first-order valence-corrected chi connectivity index (χ1v) is 6.93. The van der Waals surface area contributed by atoms with Crippen LogP contribution in [0.5, 0.6) is 0 Å². The summed E-state index contributed by atoms with van der Waals surface area (Å²) in [6.07, 6.45) is -0.852. The summed E-state index contributed by atoms with van der Waals surface area (Å²) < 4.78 is 28.8. The maximum Gasteiger partial charge on any atom is 0.261 e. The minimum atomic E-state index is -2.42. The summed E-state index contributed by atoms with van der Waals surface area (Å²) in [5.74, 6) is 6.13. The monoisotopic (exact) mass is 286 g/mol. The van der Waals surface area contributed by atoms with Gasteiger partial charge in [-0.2, -0.15) is 0 Å². The summed E-state index contributed by atoms with van der Waals surface area (Å²) in [5, 5.41) is 0. The van der Waals surface area contributed by atoms with Crippen LogP contribution in [0.25, 0.3) is 0 Å². The summed E-state index contributed by atoms with van der Waals surface area (Å²) in [5.41, 5.74) is 5.04. The maximum absolute atomic E-state index is 12.0. The van der Waals surface area contributed by atoms with Crippen molar-refractivity contribution in [3.8, 4) is 0 Å². The molecule has 0 bridgehead atoms. The molecule has 1 aromatic carbocycles. The van der Waals surface area contributed by atoms with Gasteiger partial charge in [0.05, 0.1) is 0 Å². The number of nitrogens with one attached hydrogen (secondary N) is 1. The maximum atomic E-state index is 12.0. The van der Waals surface area contributed by atoms with Crippen molar-refractivity contribution in [1.82, 2.24) is 5.43 Å². The number of alkyl halides is 2. The van der Waals surface area contributed by atoms with E-state index in [1.54, 1.807) is 0 Å². The molecule has 114 valence electrons. The van der Waals surface area contributed by atoms with Crippen molar-refractivity contribution in [2.24, 2.45) is 11.8 Å². The third-order valence-electron chi connectivity index (χ3n) is 2.99. The predicted molar refractivity (Wildman–Crippen MR) is 76.5 cm³/mol. The minimum absolute atomic E-state index is 0.0835. The van der Waals surface area contributed by atoms with E-state index < -0.39 is 13.0 Å². The van der Waals surface area contributed by atoms with Crippen LogP contribution < -0.4 is 11.3 Å². The van der Waals surface area contributed by atoms with E-state index in [-0.39, 0.29) is 12.6 Å². The molecule has 20 heavy (non-hydrogen) atoms. The van der Waals surface area contributed by atoms with Gasteiger partial charge in [-0.15, -0.1) is 0 Å². The number of hydrogen-bond acceptors (Lipinski definition) is 3. The molecular weight excluding hydrogens is 262 g/mol. The Bertz CT molecular complexity index is 386. The predicted octanol–water partition coefficient (Wildman–Crippen LogP) is 3.06. The fraction of sp³-hybridized carbons (Fsp3) is 0.600. The SMILES string of the molecule is CC(C)Cc1cccc(C(CCOCC(F)F)NN)c1. The van der Waals surface area contributed by atoms with Gasteiger partial charge in [-0.25, -0.2) is 8.78 Å². The van der Waals surface area contributed by atoms with Gasteiger partial charge in [-0.1, -0.05) is 38.1 Å². The third-order valence-corrected chi connectivity index (χ3v) is 2.99. The molecule has 0 radical (unpaired) electrons. The Morgan fingerprint density at radius 2 is 2.05 bits per heavy atom. The Hall–Kier alpha value is -1.04. The Morgan fingerprint density at radius 1 is 1.30 bits per heavy atom. The molecule has 0 aliphatic rings. The summed E-state index contributed by atoms with van der Waals surface area (Å²) in [6, 6.07) is 8.10. The van der Waals surface area contributed by atoms with Crippen LogP contribution in [0, 0.1) is 5.92 Å². The highest BCUT2D eigenvalue weighted by Gasteiger charge is 2.11. The molecule has 0 spiro atoms. The second-order valence-corrected chi connectivity index (χ2v) is 5.32. The first-order valence-electron chi connectivity index (χ1n) is 6.93. The van der Waals surface area contributed by atoms with E-state index in [1.807, 2.05) is 12.1 Å². The zero-order valence-electron chi connectivity index (χ0n) is 12.1. The molecular formula is C15H24F2N2O. The van der Waals surface area contributed by atoms with Crippen LogP contribution in [-0.4, -0.2) is 19.6 Å². The van der Waals surface area contributed by atoms with Gasteiger partial charge in [0.15, 0.2) is 0 Å². The molecule has 0 amide bonds. The Kier molecular flexibility index (Phi) is 7.65. The van der Waals surface area contributed by atoms with Gasteiger partial charge in [0.25, 0.3) is 6.43 Å². The fourth-order valence-electron chi connectivity index (χ4n) is 2.13. The lowest BCUT2D eigenvalue weighted by Gasteiger charge is -2.17. The van der Waals surface area contributed by atoms with E-state index in [2.05, 4.69) is 31.4 Å². The molecule has 0 saturated carbocycles. The van der Waals surface area contributed by atoms with E-state index >= 15 is 0 Å². The van der Waals surface area contributed by atoms with E-state index in [0.29, 0.717) is 12.3 Å². The lowest BCUT2D eigenvalue weighted by Crippen LogP contribution is -2.29. The molecule has 0 heterocycles. The van der Waals surface area contributed by atoms with Gasteiger partial charge in [-0.3, -0.25) is 11.3 Å². The van der Waals surface area contributed by atoms with Crippen molar-refractivity contribution >= 4 is 0 Å². The molecule has 3 nitrogen and oxygen atoms in total. The van der Waals surface area contributed by atoms with Crippen molar-refractivity contribution in [3.63, 3.8) is 0 Å². The van der Waals surface area contributed by atoms with Crippen LogP contribution in [-0.2, 0) is 11.2 Å². The number of hydrazine groups is 1. The molecule has 1 atom stereocenters. The molecule has 0 aromatic heterocycles. The number of ether oxygens (including phenoxy) is 1. The lowest BCUT2D eigenvalue weighted by atomic mass is 9.97. The van der Waals surface area contributed by atoms with Crippen molar-refractivity contribution in [3.05, 3.63) is 35.4 Å². The first-order chi connectivity index (χ1) is 9.52. The van der Waals surface area contributed by atoms with Crippen molar-refractivity contribution in [2.75, 3.05) is 13.2 Å². The lowest BCUT2D eigenvalue weighted by molar-refractivity contribution is 0.0143. The Labute approximate surface area is 119 Å². The zero-order chi connectivity index (χ0) is 15.0. The van der Waals surface area contributed by atoms with Crippen LogP contribution >= 0.6 is 0 Å². The highest BCUT2D eigenvalue weighted by molar-refractivity contribution is 5.26. The highest BCUT2D eigenvalue weighted by atomic mass is 19.3. The van der Waals surface area contributed by atoms with Crippen molar-refractivity contribution < 1.29 is 13.5 Å². The number of nitrogens with two attached hydrogens (primary N) is 1. The fourth-order valence-corrected chi connectivity index (χ4v) is 2.13. The zero-order valence-corrected chi connectivity index (χ0v) is 12.1. The van der Waals surface area contributed by atoms with E-state index in [1.165, 1.54) is 5.56 Å². The summed E-state index contributed by atoms with van der Waals surface area (Å²) in [7, 11) is 0. The molecule has 0 saturated heterocycles. The minimum Gasteiger partial charge on any atom is -0.375 e. The van der Waals surface area contributed by atoms with Gasteiger partial charge in [0, 0.05) is 12.6 Å². The standard InChI is InChI=1S/C15H24F2N2O/c1-11(2)8-12-4-3-5-13(9-12)14(19-18)6-7-20-10-15(16)17/h3-5,9,11,14-15,19H,6-8,10,18H2,1-2H3. The average Bonchev–Trinajstić information content (AvgIpc) is 2.38. The van der Waals surface area contributed by atoms with Crippen LogP contribution in [0.15, 0.2) is 24.3 Å². The Morgan fingerprint density at radius 3 is 2.65 bits per heavy atom. The van der Waals surface area contributed by atoms with Crippen LogP contribution in [0.4, 0.5) is 8.78 Å². The second-order valence-electron chi connectivity index (χ2n) is 5.32. The molecule has 1 unspecified atom stereocenters. The molecule has 3 N–H and O–H groups in total. The van der Waals surface area contributed by atoms with Gasteiger partial charge in [0.2, 0.25) is 0 Å². The number of benzene rings is 1. The largest absolute Gasteiger partial charge is 0.375 e. The number of hydrogen-bond donors (Lipinski definition) is 2. The average molecular weight is 286 g/mol. The van der Waals surface area contributed by atoms with Gasteiger partial charge in [-0.05, 0) is 29.9 Å². The molecule has 0 fully saturated rings. The van der Waals surface area contributed by atoms with Crippen molar-refractivity contribution in [2.45, 2.75) is 39.2 Å². The van der Waals surface area contributed by atoms with E-state index in [4.69, 9.17) is 10.6 Å². The van der Waals surface area contributed by atoms with E-state index in [0.717, 1.165) is 12.0 Å². The van der Waals surface area contributed by atoms with Crippen LogP contribution in [0.3, 0.4) is 0 Å². The Balaban J connectivity index is 2.55. The number of rotatable bonds is 9. The van der Waals surface area contributed by atoms with Gasteiger partial charge < -0.3 is 4.74 Å². The first kappa shape index (κ1) is 17.0. The van der Waals surface area contributed by atoms with Crippen LogP contribution in [0.2, 0.25) is 0 Å². The normalized spacial score (nSPS) is 13.2. The van der Waals surface area contributed by atoms with Crippen LogP contribution in [0.1, 0.15) is 37.4 Å². The molecule has 0 aliphatic carbocycles. The molecule has 1 rings (SSSR count). The molecule has 1 aromatic rings. The summed E-state index contributed by atoms with van der Waals surface area (Å²) >= 11 is 0. The highest BCUT2D eigenvalue weighted by Crippen LogP contribution is 2.19. The van der Waals surface area contributed by atoms with Gasteiger partial charge >= 0.3 is 0 Å². The number of halogens is 2. The van der Waals surface area contributed by atoms with Crippen molar-refractivity contribution in [1.29, 1.82) is 0 Å². The van der Waals surface area contributed by atoms with E-state index in [9.17, 15) is 8.78 Å². The summed E-state index contributed by atoms with van der Waals surface area (Å²) in [6.45, 7) is 4.07. The molecule has 5 heteroatoms. The topological polar surface area (TPSA) is 47.3 Å². The summed E-state index contributed by atoms with van der Waals surface area (Å²) in [4.78, 5) is 0. The van der Waals surface area contributed by atoms with Gasteiger partial charge in [0.1, 0.15) is 6.61 Å².